The number of benzene rings is 2. The van der Waals surface area contributed by atoms with Crippen LogP contribution in [0.15, 0.2) is 60.7 Å². The lowest BCUT2D eigenvalue weighted by atomic mass is 9.85. The summed E-state index contributed by atoms with van der Waals surface area (Å²) in [5.41, 5.74) is 1.62. The molecule has 0 unspecified atom stereocenters. The number of Topliss-reactive ketones (excluding diaryl/α,β-unsaturated/α-hetero) is 1. The molecule has 1 aliphatic carbocycles. The largest absolute Gasteiger partial charge is 0.292 e. The van der Waals surface area contributed by atoms with Crippen LogP contribution in [0.3, 0.4) is 0 Å². The first kappa shape index (κ1) is 21.0. The molecule has 3 amide bonds. The highest BCUT2D eigenvalue weighted by Crippen LogP contribution is 2.36. The summed E-state index contributed by atoms with van der Waals surface area (Å²) in [5.74, 6) is -2.88. The molecule has 2 atom stereocenters. The molecule has 158 valence electrons. The van der Waals surface area contributed by atoms with Gasteiger partial charge < -0.3 is 0 Å². The van der Waals surface area contributed by atoms with Crippen molar-refractivity contribution in [3.8, 4) is 0 Å². The Morgan fingerprint density at radius 3 is 1.97 bits per heavy atom. The third kappa shape index (κ3) is 4.03. The van der Waals surface area contributed by atoms with E-state index in [1.807, 2.05) is 19.1 Å². The maximum Gasteiger partial charge on any atom is 0.273 e. The highest BCUT2D eigenvalue weighted by atomic mass is 35.5. The Morgan fingerprint density at radius 2 is 1.42 bits per heavy atom. The molecule has 7 heteroatoms. The van der Waals surface area contributed by atoms with Gasteiger partial charge in [0.15, 0.2) is 5.78 Å². The number of hydrogen-bond acceptors (Lipinski definition) is 4. The van der Waals surface area contributed by atoms with Gasteiger partial charge in [-0.1, -0.05) is 53.6 Å². The zero-order valence-corrected chi connectivity index (χ0v) is 17.7. The second kappa shape index (κ2) is 8.47. The monoisotopic (exact) mass is 436 g/mol. The molecule has 0 saturated carbocycles. The molecular weight excluding hydrogens is 416 g/mol. The van der Waals surface area contributed by atoms with Gasteiger partial charge in [-0.15, -0.1) is 0 Å². The summed E-state index contributed by atoms with van der Waals surface area (Å²) in [6, 6.07) is 13.0. The number of nitrogens with zero attached hydrogens (tertiary/aromatic N) is 2. The fourth-order valence-electron chi connectivity index (χ4n) is 3.96. The molecule has 4 rings (SSSR count). The number of hydrazine groups is 1. The maximum absolute atomic E-state index is 13.3. The van der Waals surface area contributed by atoms with Crippen molar-refractivity contribution in [1.82, 2.24) is 10.0 Å². The molecule has 1 saturated heterocycles. The second-order valence-electron chi connectivity index (χ2n) is 7.80. The van der Waals surface area contributed by atoms with Crippen LogP contribution in [0.4, 0.5) is 0 Å². The smallest absolute Gasteiger partial charge is 0.273 e. The van der Waals surface area contributed by atoms with Crippen molar-refractivity contribution < 1.29 is 19.2 Å². The summed E-state index contributed by atoms with van der Waals surface area (Å²) < 4.78 is 0. The number of imide groups is 1. The lowest BCUT2D eigenvalue weighted by molar-refractivity contribution is -0.154. The van der Waals surface area contributed by atoms with Crippen LogP contribution in [0.2, 0.25) is 5.02 Å². The van der Waals surface area contributed by atoms with Gasteiger partial charge in [-0.25, -0.2) is 5.01 Å². The molecule has 2 aliphatic rings. The first-order valence-electron chi connectivity index (χ1n) is 10.1. The number of halogens is 1. The van der Waals surface area contributed by atoms with Crippen LogP contribution in [0.1, 0.15) is 39.1 Å². The number of ketones is 1. The Kier molecular flexibility index (Phi) is 5.74. The first-order chi connectivity index (χ1) is 14.9. The highest BCUT2D eigenvalue weighted by molar-refractivity contribution is 6.30. The molecular formula is C24H21ClN2O4. The lowest BCUT2D eigenvalue weighted by Gasteiger charge is -2.30. The van der Waals surface area contributed by atoms with E-state index in [1.54, 1.807) is 36.4 Å². The van der Waals surface area contributed by atoms with Gasteiger partial charge >= 0.3 is 0 Å². The molecule has 0 bridgehead atoms. The van der Waals surface area contributed by atoms with Crippen LogP contribution in [-0.2, 0) is 9.59 Å². The normalized spacial score (nSPS) is 20.0. The number of hydrogen-bond donors (Lipinski definition) is 0. The van der Waals surface area contributed by atoms with Crippen molar-refractivity contribution in [2.45, 2.75) is 19.8 Å². The van der Waals surface area contributed by atoms with E-state index in [1.165, 1.54) is 12.1 Å². The van der Waals surface area contributed by atoms with Crippen LogP contribution < -0.4 is 0 Å². The summed E-state index contributed by atoms with van der Waals surface area (Å²) in [4.78, 5) is 52.5. The summed E-state index contributed by atoms with van der Waals surface area (Å²) in [7, 11) is 0. The predicted octanol–water partition coefficient (Wildman–Crippen LogP) is 3.84. The van der Waals surface area contributed by atoms with Gasteiger partial charge in [-0.3, -0.25) is 19.2 Å². The van der Waals surface area contributed by atoms with E-state index >= 15 is 0 Å². The van der Waals surface area contributed by atoms with Gasteiger partial charge in [0, 0.05) is 16.1 Å². The topological polar surface area (TPSA) is 74.8 Å². The standard InChI is InChI=1S/C24H21ClN2O4/c1-15-6-8-16(9-7-15)21(28)14-26(22(29)17-10-12-18(25)13-11-17)27-23(30)19-4-2-3-5-20(19)24(27)31/h2-3,6-13,19-20H,4-5,14H2,1H3/t19-,20-/m1/s1. The first-order valence-corrected chi connectivity index (χ1v) is 10.4. The summed E-state index contributed by atoms with van der Waals surface area (Å²) in [6.07, 6.45) is 4.64. The van der Waals surface area contributed by atoms with Crippen molar-refractivity contribution in [2.24, 2.45) is 11.8 Å². The van der Waals surface area contributed by atoms with Crippen molar-refractivity contribution >= 4 is 35.1 Å². The molecule has 6 nitrogen and oxygen atoms in total. The molecule has 0 N–H and O–H groups in total. The van der Waals surface area contributed by atoms with Gasteiger partial charge in [0.2, 0.25) is 0 Å². The molecule has 0 radical (unpaired) electrons. The quantitative estimate of drug-likeness (QED) is 0.405. The number of carbonyl (C=O) groups is 4. The SMILES string of the molecule is Cc1ccc(C(=O)CN(C(=O)c2ccc(Cl)cc2)N2C(=O)[C@@H]3CC=CC[C@H]3C2=O)cc1. The number of aryl methyl sites for hydroxylation is 1. The summed E-state index contributed by atoms with van der Waals surface area (Å²) in [6.45, 7) is 1.48. The van der Waals surface area contributed by atoms with Gasteiger partial charge in [0.1, 0.15) is 6.54 Å². The maximum atomic E-state index is 13.3. The third-order valence-corrected chi connectivity index (χ3v) is 5.97. The molecule has 31 heavy (non-hydrogen) atoms. The Hall–Kier alpha value is -3.25. The van der Waals surface area contributed by atoms with Crippen LogP contribution in [-0.4, -0.2) is 40.1 Å². The number of amides is 3. The number of carbonyl (C=O) groups excluding carboxylic acids is 4. The predicted molar refractivity (Wildman–Crippen MR) is 115 cm³/mol. The van der Waals surface area contributed by atoms with E-state index < -0.39 is 36.1 Å². The Bertz CT molecular complexity index is 1050. The van der Waals surface area contributed by atoms with E-state index in [0.29, 0.717) is 23.4 Å². The molecule has 1 fully saturated rings. The van der Waals surface area contributed by atoms with Gasteiger partial charge in [0.05, 0.1) is 11.8 Å². The minimum absolute atomic E-state index is 0.231. The molecule has 1 heterocycles. The van der Waals surface area contributed by atoms with Crippen LogP contribution in [0.5, 0.6) is 0 Å². The van der Waals surface area contributed by atoms with Crippen molar-refractivity contribution in [2.75, 3.05) is 6.54 Å². The van der Waals surface area contributed by atoms with Crippen molar-refractivity contribution in [1.29, 1.82) is 0 Å². The van der Waals surface area contributed by atoms with Crippen molar-refractivity contribution in [3.63, 3.8) is 0 Å². The summed E-state index contributed by atoms with van der Waals surface area (Å²) >= 11 is 5.92. The Labute approximate surface area is 185 Å². The average molecular weight is 437 g/mol. The van der Waals surface area contributed by atoms with Crippen LogP contribution in [0, 0.1) is 18.8 Å². The van der Waals surface area contributed by atoms with E-state index in [0.717, 1.165) is 15.6 Å². The lowest BCUT2D eigenvalue weighted by Crippen LogP contribution is -2.52. The van der Waals surface area contributed by atoms with Gasteiger partial charge in [-0.05, 0) is 44.0 Å². The van der Waals surface area contributed by atoms with Gasteiger partial charge in [0.25, 0.3) is 17.7 Å². The van der Waals surface area contributed by atoms with E-state index in [4.69, 9.17) is 11.6 Å². The zero-order valence-electron chi connectivity index (χ0n) is 17.0. The molecule has 2 aromatic carbocycles. The van der Waals surface area contributed by atoms with Crippen molar-refractivity contribution in [3.05, 3.63) is 82.4 Å². The second-order valence-corrected chi connectivity index (χ2v) is 8.24. The fourth-order valence-corrected chi connectivity index (χ4v) is 4.09. The number of rotatable bonds is 5. The van der Waals surface area contributed by atoms with E-state index in [-0.39, 0.29) is 11.3 Å². The minimum atomic E-state index is -0.606. The Morgan fingerprint density at radius 1 is 0.903 bits per heavy atom. The number of allylic oxidation sites excluding steroid dienone is 2. The van der Waals surface area contributed by atoms with E-state index in [9.17, 15) is 19.2 Å². The summed E-state index contributed by atoms with van der Waals surface area (Å²) in [5, 5.41) is 2.31. The average Bonchev–Trinajstić information content (AvgIpc) is 3.03. The molecule has 1 aliphatic heterocycles. The molecule has 0 spiro atoms. The molecule has 0 aromatic heterocycles. The Balaban J connectivity index is 1.68. The zero-order chi connectivity index (χ0) is 22.1. The molecule has 2 aromatic rings. The fraction of sp³-hybridized carbons (Fsp3) is 0.250. The highest BCUT2D eigenvalue weighted by Gasteiger charge is 2.51. The third-order valence-electron chi connectivity index (χ3n) is 5.72. The van der Waals surface area contributed by atoms with Crippen LogP contribution >= 0.6 is 11.6 Å². The van der Waals surface area contributed by atoms with E-state index in [2.05, 4.69) is 0 Å². The van der Waals surface area contributed by atoms with Gasteiger partial charge in [-0.2, -0.15) is 5.01 Å². The number of fused-ring (bicyclic) bond motifs is 1. The minimum Gasteiger partial charge on any atom is -0.292 e. The van der Waals surface area contributed by atoms with Crippen LogP contribution in [0.25, 0.3) is 0 Å².